The second kappa shape index (κ2) is 7.87. The Balaban J connectivity index is 1.96. The number of hydrogen-bond donors (Lipinski definition) is 0. The van der Waals surface area contributed by atoms with Crippen LogP contribution < -0.4 is 0 Å². The van der Waals surface area contributed by atoms with Crippen molar-refractivity contribution in [3.63, 3.8) is 0 Å². The lowest BCUT2D eigenvalue weighted by Crippen LogP contribution is -2.18. The van der Waals surface area contributed by atoms with Gasteiger partial charge in [-0.05, 0) is 79.2 Å². The quantitative estimate of drug-likeness (QED) is 0.666. The highest BCUT2D eigenvalue weighted by Crippen LogP contribution is 2.34. The van der Waals surface area contributed by atoms with Crippen molar-refractivity contribution in [2.45, 2.75) is 39.5 Å². The van der Waals surface area contributed by atoms with Crippen LogP contribution in [0.4, 0.5) is 4.39 Å². The predicted octanol–water partition coefficient (Wildman–Crippen LogP) is 5.75. The van der Waals surface area contributed by atoms with Crippen molar-refractivity contribution in [1.29, 1.82) is 0 Å². The number of allylic oxidation sites excluding steroid dienone is 2. The average molecular weight is 291 g/mol. The van der Waals surface area contributed by atoms with Crippen LogP contribution in [0.2, 0.25) is 0 Å². The molecule has 1 radical (unpaired) electrons. The highest BCUT2D eigenvalue weighted by atomic mass is 32.2. The van der Waals surface area contributed by atoms with Crippen LogP contribution in [0.25, 0.3) is 5.57 Å². The molecular formula is C18H24FS. The zero-order valence-corrected chi connectivity index (χ0v) is 13.3. The molecule has 0 N–H and O–H groups in total. The molecule has 1 aromatic carbocycles. The van der Waals surface area contributed by atoms with Gasteiger partial charge in [0.05, 0.1) is 0 Å². The van der Waals surface area contributed by atoms with Crippen LogP contribution in [0, 0.1) is 17.7 Å². The molecule has 20 heavy (non-hydrogen) atoms. The second-order valence-corrected chi connectivity index (χ2v) is 6.67. The van der Waals surface area contributed by atoms with Crippen molar-refractivity contribution in [2.24, 2.45) is 5.92 Å². The molecule has 1 unspecified atom stereocenters. The van der Waals surface area contributed by atoms with E-state index in [-0.39, 0.29) is 5.82 Å². The van der Waals surface area contributed by atoms with Gasteiger partial charge < -0.3 is 0 Å². The minimum atomic E-state index is -0.165. The summed E-state index contributed by atoms with van der Waals surface area (Å²) < 4.78 is 12.9. The molecule has 1 aromatic rings. The number of hydrogen-bond acceptors (Lipinski definition) is 1. The maximum Gasteiger partial charge on any atom is 0.123 e. The Bertz CT molecular complexity index is 429. The van der Waals surface area contributed by atoms with Crippen molar-refractivity contribution < 1.29 is 4.39 Å². The molecule has 109 valence electrons. The third kappa shape index (κ3) is 4.37. The lowest BCUT2D eigenvalue weighted by atomic mass is 9.84. The van der Waals surface area contributed by atoms with Crippen molar-refractivity contribution >= 4 is 17.3 Å². The Hall–Kier alpha value is -0.760. The highest BCUT2D eigenvalue weighted by molar-refractivity contribution is 7.99. The standard InChI is InChI=1S/C18H24FS/c1-3-15(17-5-4-12-20-13-17)7-6-14(2)16-8-10-18(19)11-9-16/h6,8-11,17H,3-5,7,12-13H2,1-2H3. The molecule has 1 aliphatic heterocycles. The van der Waals surface area contributed by atoms with Crippen molar-refractivity contribution in [1.82, 2.24) is 0 Å². The normalized spacial score (nSPS) is 20.4. The second-order valence-electron chi connectivity index (χ2n) is 5.52. The lowest BCUT2D eigenvalue weighted by molar-refractivity contribution is 0.503. The van der Waals surface area contributed by atoms with Gasteiger partial charge in [-0.2, -0.15) is 11.8 Å². The number of benzene rings is 1. The molecule has 0 spiro atoms. The molecule has 0 aromatic heterocycles. The Morgan fingerprint density at radius 1 is 1.35 bits per heavy atom. The molecule has 0 amide bonds. The highest BCUT2D eigenvalue weighted by Gasteiger charge is 2.22. The van der Waals surface area contributed by atoms with Gasteiger partial charge in [-0.25, -0.2) is 4.39 Å². The molecule has 0 saturated carbocycles. The van der Waals surface area contributed by atoms with Crippen LogP contribution in [-0.4, -0.2) is 11.5 Å². The Labute approximate surface area is 126 Å². The van der Waals surface area contributed by atoms with Crippen LogP contribution in [0.15, 0.2) is 30.3 Å². The zero-order valence-electron chi connectivity index (χ0n) is 12.5. The molecule has 2 rings (SSSR count). The third-order valence-electron chi connectivity index (χ3n) is 4.16. The molecule has 2 heteroatoms. The minimum absolute atomic E-state index is 0.165. The first-order chi connectivity index (χ1) is 9.70. The molecule has 0 aliphatic carbocycles. The van der Waals surface area contributed by atoms with E-state index in [4.69, 9.17) is 0 Å². The minimum Gasteiger partial charge on any atom is -0.207 e. The summed E-state index contributed by atoms with van der Waals surface area (Å²) >= 11 is 2.10. The molecule has 0 bridgehead atoms. The molecule has 1 fully saturated rings. The summed E-state index contributed by atoms with van der Waals surface area (Å²) in [6.45, 7) is 4.39. The maximum absolute atomic E-state index is 12.9. The molecule has 1 saturated heterocycles. The van der Waals surface area contributed by atoms with Crippen LogP contribution in [0.5, 0.6) is 0 Å². The third-order valence-corrected chi connectivity index (χ3v) is 5.38. The fraction of sp³-hybridized carbons (Fsp3) is 0.500. The van der Waals surface area contributed by atoms with E-state index >= 15 is 0 Å². The number of thioether (sulfide) groups is 1. The van der Waals surface area contributed by atoms with Crippen molar-refractivity contribution in [2.75, 3.05) is 11.5 Å². The smallest absolute Gasteiger partial charge is 0.123 e. The van der Waals surface area contributed by atoms with E-state index in [1.165, 1.54) is 48.5 Å². The number of halogens is 1. The Kier molecular flexibility index (Phi) is 6.15. The summed E-state index contributed by atoms with van der Waals surface area (Å²) in [7, 11) is 0. The van der Waals surface area contributed by atoms with Crippen molar-refractivity contribution in [3.8, 4) is 0 Å². The summed E-state index contributed by atoms with van der Waals surface area (Å²) in [5, 5.41) is 0. The molecular weight excluding hydrogens is 267 g/mol. The van der Waals surface area contributed by atoms with Gasteiger partial charge in [-0.3, -0.25) is 0 Å². The van der Waals surface area contributed by atoms with Gasteiger partial charge in [-0.1, -0.05) is 25.1 Å². The SMILES string of the molecule is CC[C](CC=C(C)c1ccc(F)cc1)C1CCCSC1. The fourth-order valence-electron chi connectivity index (χ4n) is 2.78. The van der Waals surface area contributed by atoms with Gasteiger partial charge >= 0.3 is 0 Å². The van der Waals surface area contributed by atoms with Crippen LogP contribution in [-0.2, 0) is 0 Å². The van der Waals surface area contributed by atoms with E-state index in [9.17, 15) is 4.39 Å². The maximum atomic E-state index is 12.9. The summed E-state index contributed by atoms with van der Waals surface area (Å²) in [6, 6.07) is 6.80. The largest absolute Gasteiger partial charge is 0.207 e. The summed E-state index contributed by atoms with van der Waals surface area (Å²) in [4.78, 5) is 0. The van der Waals surface area contributed by atoms with Gasteiger partial charge in [0, 0.05) is 0 Å². The lowest BCUT2D eigenvalue weighted by Gasteiger charge is -2.28. The average Bonchev–Trinajstić information content (AvgIpc) is 2.49. The van der Waals surface area contributed by atoms with Crippen LogP contribution in [0.3, 0.4) is 0 Å². The van der Waals surface area contributed by atoms with E-state index in [1.807, 2.05) is 12.1 Å². The van der Waals surface area contributed by atoms with E-state index in [0.29, 0.717) is 0 Å². The Morgan fingerprint density at radius 3 is 2.70 bits per heavy atom. The van der Waals surface area contributed by atoms with Gasteiger partial charge in [0.1, 0.15) is 5.82 Å². The monoisotopic (exact) mass is 291 g/mol. The van der Waals surface area contributed by atoms with Crippen molar-refractivity contribution in [3.05, 3.63) is 47.6 Å². The van der Waals surface area contributed by atoms with Crippen LogP contribution in [0.1, 0.15) is 45.1 Å². The van der Waals surface area contributed by atoms with E-state index in [1.54, 1.807) is 5.92 Å². The zero-order chi connectivity index (χ0) is 14.4. The fourth-order valence-corrected chi connectivity index (χ4v) is 4.00. The summed E-state index contributed by atoms with van der Waals surface area (Å²) in [5.74, 6) is 4.95. The van der Waals surface area contributed by atoms with E-state index < -0.39 is 0 Å². The van der Waals surface area contributed by atoms with Crippen LogP contribution >= 0.6 is 11.8 Å². The van der Waals surface area contributed by atoms with E-state index in [0.717, 1.165) is 17.9 Å². The van der Waals surface area contributed by atoms with Gasteiger partial charge in [-0.15, -0.1) is 0 Å². The molecule has 0 nitrogen and oxygen atoms in total. The summed E-state index contributed by atoms with van der Waals surface area (Å²) in [5.41, 5.74) is 2.37. The Morgan fingerprint density at radius 2 is 2.10 bits per heavy atom. The predicted molar refractivity (Wildman–Crippen MR) is 88.3 cm³/mol. The van der Waals surface area contributed by atoms with Gasteiger partial charge in [0.2, 0.25) is 0 Å². The first-order valence-corrected chi connectivity index (χ1v) is 8.71. The van der Waals surface area contributed by atoms with E-state index in [2.05, 4.69) is 31.7 Å². The topological polar surface area (TPSA) is 0 Å². The molecule has 1 atom stereocenters. The molecule has 1 aliphatic rings. The van der Waals surface area contributed by atoms with Gasteiger partial charge in [0.25, 0.3) is 0 Å². The first kappa shape index (κ1) is 15.6. The van der Waals surface area contributed by atoms with Gasteiger partial charge in [0.15, 0.2) is 0 Å². The summed E-state index contributed by atoms with van der Waals surface area (Å²) in [6.07, 6.45) is 7.29. The first-order valence-electron chi connectivity index (χ1n) is 7.55. The molecule has 1 heterocycles. The number of rotatable bonds is 5.